The lowest BCUT2D eigenvalue weighted by Crippen LogP contribution is -2.36. The van der Waals surface area contributed by atoms with Crippen molar-refractivity contribution < 1.29 is 4.79 Å². The van der Waals surface area contributed by atoms with Crippen LogP contribution in [0.2, 0.25) is 0 Å². The summed E-state index contributed by atoms with van der Waals surface area (Å²) < 4.78 is 1.80. The molecule has 0 bridgehead atoms. The minimum absolute atomic E-state index is 0.166. The van der Waals surface area contributed by atoms with E-state index in [4.69, 9.17) is 0 Å². The van der Waals surface area contributed by atoms with Gasteiger partial charge in [-0.1, -0.05) is 36.4 Å². The first kappa shape index (κ1) is 17.1. The van der Waals surface area contributed by atoms with Gasteiger partial charge in [0.05, 0.1) is 11.9 Å². The molecule has 0 unspecified atom stereocenters. The lowest BCUT2D eigenvalue weighted by atomic mass is 10.3. The summed E-state index contributed by atoms with van der Waals surface area (Å²) in [6.45, 7) is 1.07. The Hall–Kier alpha value is -2.73. The van der Waals surface area contributed by atoms with Crippen molar-refractivity contribution in [2.24, 2.45) is 0 Å². The van der Waals surface area contributed by atoms with Gasteiger partial charge in [-0.05, 0) is 24.3 Å². The highest BCUT2D eigenvalue weighted by Gasteiger charge is 2.03. The van der Waals surface area contributed by atoms with E-state index in [-0.39, 0.29) is 6.03 Å². The van der Waals surface area contributed by atoms with Crippen LogP contribution in [-0.4, -0.2) is 28.1 Å². The molecule has 0 atom stereocenters. The quantitative estimate of drug-likeness (QED) is 0.506. The number of thioether (sulfide) groups is 1. The number of para-hydroxylation sites is 1. The summed E-state index contributed by atoms with van der Waals surface area (Å²) >= 11 is 1.72. The summed E-state index contributed by atoms with van der Waals surface area (Å²) in [5.41, 5.74) is 1.95. The minimum atomic E-state index is -0.166. The normalized spacial score (nSPS) is 10.4. The molecule has 3 rings (SSSR count). The summed E-state index contributed by atoms with van der Waals surface area (Å²) in [5.74, 6) is 0.837. The number of carbonyl (C=O) groups is 1. The Morgan fingerprint density at radius 2 is 1.72 bits per heavy atom. The van der Waals surface area contributed by atoms with E-state index in [0.29, 0.717) is 13.1 Å². The molecule has 0 spiro atoms. The molecule has 6 heteroatoms. The molecule has 0 aliphatic rings. The minimum Gasteiger partial charge on any atom is -0.337 e. The van der Waals surface area contributed by atoms with Gasteiger partial charge in [-0.15, -0.1) is 11.8 Å². The molecular weight excluding hydrogens is 332 g/mol. The summed E-state index contributed by atoms with van der Waals surface area (Å²) in [6.07, 6.45) is 3.68. The fourth-order valence-electron chi connectivity index (χ4n) is 2.27. The third kappa shape index (κ3) is 5.39. The summed E-state index contributed by atoms with van der Waals surface area (Å²) in [7, 11) is 0. The molecule has 0 radical (unpaired) electrons. The average molecular weight is 352 g/mol. The van der Waals surface area contributed by atoms with Crippen molar-refractivity contribution in [1.82, 2.24) is 20.4 Å². The number of rotatable bonds is 7. The van der Waals surface area contributed by atoms with Crippen LogP contribution in [0, 0.1) is 0 Å². The standard InChI is InChI=1S/C19H20N4OS/c24-19(20-11-12-25-18-9-5-2-6-10-18)21-13-16-14-22-23(15-16)17-7-3-1-4-8-17/h1-10,14-15H,11-13H2,(H2,20,21,24). The number of urea groups is 1. The van der Waals surface area contributed by atoms with Crippen molar-refractivity contribution in [3.63, 3.8) is 0 Å². The van der Waals surface area contributed by atoms with Crippen LogP contribution in [0.25, 0.3) is 5.69 Å². The number of benzene rings is 2. The van der Waals surface area contributed by atoms with Gasteiger partial charge in [0.15, 0.2) is 0 Å². The highest BCUT2D eigenvalue weighted by Crippen LogP contribution is 2.15. The first-order valence-electron chi connectivity index (χ1n) is 8.10. The molecule has 2 N–H and O–H groups in total. The van der Waals surface area contributed by atoms with Crippen LogP contribution >= 0.6 is 11.8 Å². The maximum atomic E-state index is 11.8. The molecular formula is C19H20N4OS. The van der Waals surface area contributed by atoms with Crippen LogP contribution in [-0.2, 0) is 6.54 Å². The Morgan fingerprint density at radius 1 is 1.00 bits per heavy atom. The van der Waals surface area contributed by atoms with Gasteiger partial charge < -0.3 is 10.6 Å². The van der Waals surface area contributed by atoms with E-state index in [1.807, 2.05) is 54.7 Å². The molecule has 128 valence electrons. The second-order valence-electron chi connectivity index (χ2n) is 5.40. The van der Waals surface area contributed by atoms with Gasteiger partial charge in [0.2, 0.25) is 0 Å². The summed E-state index contributed by atoms with van der Waals surface area (Å²) in [4.78, 5) is 13.1. The van der Waals surface area contributed by atoms with Gasteiger partial charge in [-0.2, -0.15) is 5.10 Å². The lowest BCUT2D eigenvalue weighted by molar-refractivity contribution is 0.241. The van der Waals surface area contributed by atoms with E-state index in [0.717, 1.165) is 17.0 Å². The molecule has 2 amide bonds. The lowest BCUT2D eigenvalue weighted by Gasteiger charge is -2.06. The first-order valence-corrected chi connectivity index (χ1v) is 9.08. The monoisotopic (exact) mass is 352 g/mol. The Morgan fingerprint density at radius 3 is 2.48 bits per heavy atom. The van der Waals surface area contributed by atoms with E-state index in [9.17, 15) is 4.79 Å². The number of nitrogens with zero attached hydrogens (tertiary/aromatic N) is 2. The zero-order valence-corrected chi connectivity index (χ0v) is 14.6. The Bertz CT molecular complexity index is 789. The maximum absolute atomic E-state index is 11.8. The molecule has 0 fully saturated rings. The molecule has 0 saturated heterocycles. The van der Waals surface area contributed by atoms with Gasteiger partial charge in [0.1, 0.15) is 0 Å². The van der Waals surface area contributed by atoms with E-state index < -0.39 is 0 Å². The fourth-order valence-corrected chi connectivity index (χ4v) is 3.06. The van der Waals surface area contributed by atoms with Crippen LogP contribution in [0.15, 0.2) is 78.0 Å². The SMILES string of the molecule is O=C(NCCSc1ccccc1)NCc1cnn(-c2ccccc2)c1. The van der Waals surface area contributed by atoms with Crippen molar-refractivity contribution >= 4 is 17.8 Å². The number of aromatic nitrogens is 2. The van der Waals surface area contributed by atoms with Crippen LogP contribution in [0.5, 0.6) is 0 Å². The molecule has 25 heavy (non-hydrogen) atoms. The fraction of sp³-hybridized carbons (Fsp3) is 0.158. The van der Waals surface area contributed by atoms with E-state index in [2.05, 4.69) is 27.9 Å². The Balaban J connectivity index is 1.37. The molecule has 0 aliphatic carbocycles. The third-order valence-corrected chi connectivity index (χ3v) is 4.52. The number of carbonyl (C=O) groups excluding carboxylic acids is 1. The smallest absolute Gasteiger partial charge is 0.315 e. The molecule has 1 aromatic heterocycles. The Labute approximate surface area is 151 Å². The van der Waals surface area contributed by atoms with Crippen molar-refractivity contribution in [3.05, 3.63) is 78.6 Å². The highest BCUT2D eigenvalue weighted by atomic mass is 32.2. The van der Waals surface area contributed by atoms with Gasteiger partial charge in [0.25, 0.3) is 0 Å². The molecule has 1 heterocycles. The van der Waals surface area contributed by atoms with E-state index >= 15 is 0 Å². The molecule has 0 aliphatic heterocycles. The predicted octanol–water partition coefficient (Wildman–Crippen LogP) is 3.46. The van der Waals surface area contributed by atoms with Gasteiger partial charge in [-0.25, -0.2) is 9.48 Å². The third-order valence-electron chi connectivity index (χ3n) is 3.51. The zero-order chi connectivity index (χ0) is 17.3. The molecule has 2 aromatic carbocycles. The van der Waals surface area contributed by atoms with Crippen LogP contribution < -0.4 is 10.6 Å². The van der Waals surface area contributed by atoms with E-state index in [1.165, 1.54) is 4.90 Å². The largest absolute Gasteiger partial charge is 0.337 e. The van der Waals surface area contributed by atoms with Crippen LogP contribution in [0.4, 0.5) is 4.79 Å². The number of amides is 2. The highest BCUT2D eigenvalue weighted by molar-refractivity contribution is 7.99. The predicted molar refractivity (Wildman–Crippen MR) is 101 cm³/mol. The first-order chi connectivity index (χ1) is 12.3. The van der Waals surface area contributed by atoms with Crippen molar-refractivity contribution in [3.8, 4) is 5.69 Å². The number of hydrogen-bond donors (Lipinski definition) is 2. The van der Waals surface area contributed by atoms with Gasteiger partial charge >= 0.3 is 6.03 Å². The number of nitrogens with one attached hydrogen (secondary N) is 2. The second-order valence-corrected chi connectivity index (χ2v) is 6.57. The van der Waals surface area contributed by atoms with E-state index in [1.54, 1.807) is 22.6 Å². The van der Waals surface area contributed by atoms with Crippen LogP contribution in [0.3, 0.4) is 0 Å². The maximum Gasteiger partial charge on any atom is 0.315 e. The summed E-state index contributed by atoms with van der Waals surface area (Å²) in [5, 5.41) is 10.0. The zero-order valence-electron chi connectivity index (χ0n) is 13.8. The number of hydrogen-bond acceptors (Lipinski definition) is 3. The van der Waals surface area contributed by atoms with Gasteiger partial charge in [-0.3, -0.25) is 0 Å². The molecule has 3 aromatic rings. The average Bonchev–Trinajstić information content (AvgIpc) is 3.14. The van der Waals surface area contributed by atoms with Crippen molar-refractivity contribution in [2.75, 3.05) is 12.3 Å². The van der Waals surface area contributed by atoms with Crippen molar-refractivity contribution in [1.29, 1.82) is 0 Å². The topological polar surface area (TPSA) is 59.0 Å². The van der Waals surface area contributed by atoms with Gasteiger partial charge in [0, 0.05) is 35.5 Å². The molecule has 0 saturated carbocycles. The molecule has 5 nitrogen and oxygen atoms in total. The van der Waals surface area contributed by atoms with Crippen molar-refractivity contribution in [2.45, 2.75) is 11.4 Å². The van der Waals surface area contributed by atoms with Crippen LogP contribution in [0.1, 0.15) is 5.56 Å². The Kier molecular flexibility index (Phi) is 6.11. The second kappa shape index (κ2) is 8.94. The summed E-state index contributed by atoms with van der Waals surface area (Å²) in [6, 6.07) is 19.9.